The number of primary sulfonamides is 1. The van der Waals surface area contributed by atoms with Crippen LogP contribution in [0.1, 0.15) is 12.0 Å². The van der Waals surface area contributed by atoms with Crippen LogP contribution in [-0.2, 0) is 10.0 Å². The Hall–Kier alpha value is -1.35. The molecule has 1 aromatic heterocycles. The van der Waals surface area contributed by atoms with E-state index in [0.717, 1.165) is 7.11 Å². The molecule has 1 heterocycles. The number of hydrogen-bond donors (Lipinski definition) is 1. The number of alkyl halides is 2. The van der Waals surface area contributed by atoms with Gasteiger partial charge in [0.15, 0.2) is 10.8 Å². The molecule has 0 aliphatic carbocycles. The fourth-order valence-corrected chi connectivity index (χ4v) is 1.68. The van der Waals surface area contributed by atoms with Gasteiger partial charge in [-0.15, -0.1) is 0 Å². The molecular formula is C7H7F3N2O3S. The van der Waals surface area contributed by atoms with E-state index in [9.17, 15) is 21.6 Å². The highest BCUT2D eigenvalue weighted by molar-refractivity contribution is 7.89. The van der Waals surface area contributed by atoms with Gasteiger partial charge in [0, 0.05) is 0 Å². The molecule has 0 fully saturated rings. The average Bonchev–Trinajstić information content (AvgIpc) is 2.15. The first-order valence-corrected chi connectivity index (χ1v) is 5.37. The Balaban J connectivity index is 3.56. The van der Waals surface area contributed by atoms with Crippen molar-refractivity contribution in [2.24, 2.45) is 5.14 Å². The second-order valence-corrected chi connectivity index (χ2v) is 4.20. The van der Waals surface area contributed by atoms with Crippen LogP contribution >= 0.6 is 0 Å². The highest BCUT2D eigenvalue weighted by Gasteiger charge is 2.25. The van der Waals surface area contributed by atoms with Crippen molar-refractivity contribution in [1.29, 1.82) is 0 Å². The molecule has 0 saturated heterocycles. The first kappa shape index (κ1) is 12.7. The number of hydrogen-bond acceptors (Lipinski definition) is 4. The van der Waals surface area contributed by atoms with Crippen molar-refractivity contribution in [3.8, 4) is 5.88 Å². The third-order valence-electron chi connectivity index (χ3n) is 1.63. The summed E-state index contributed by atoms with van der Waals surface area (Å²) in [5, 5.41) is 3.57. The van der Waals surface area contributed by atoms with Crippen molar-refractivity contribution < 1.29 is 26.3 Å². The lowest BCUT2D eigenvalue weighted by molar-refractivity contribution is 0.146. The van der Waals surface area contributed by atoms with Crippen molar-refractivity contribution >= 4 is 10.0 Å². The topological polar surface area (TPSA) is 82.3 Å². The van der Waals surface area contributed by atoms with Gasteiger partial charge in [0.25, 0.3) is 22.3 Å². The summed E-state index contributed by atoms with van der Waals surface area (Å²) < 4.78 is 64.1. The van der Waals surface area contributed by atoms with Gasteiger partial charge in [0.1, 0.15) is 0 Å². The summed E-state index contributed by atoms with van der Waals surface area (Å²) in [4.78, 5) is 3.09. The fourth-order valence-electron chi connectivity index (χ4n) is 0.998. The lowest BCUT2D eigenvalue weighted by Crippen LogP contribution is -2.17. The van der Waals surface area contributed by atoms with E-state index < -0.39 is 38.7 Å². The molecule has 9 heteroatoms. The molecule has 0 atom stereocenters. The van der Waals surface area contributed by atoms with E-state index in [1.807, 2.05) is 0 Å². The molecule has 1 aromatic rings. The Morgan fingerprint density at radius 3 is 2.44 bits per heavy atom. The Labute approximate surface area is 89.1 Å². The van der Waals surface area contributed by atoms with Crippen LogP contribution < -0.4 is 9.88 Å². The number of methoxy groups -OCH3 is 1. The summed E-state index contributed by atoms with van der Waals surface area (Å²) in [6, 6.07) is 0.330. The van der Waals surface area contributed by atoms with E-state index in [1.165, 1.54) is 0 Å². The molecule has 16 heavy (non-hydrogen) atoms. The van der Waals surface area contributed by atoms with Crippen LogP contribution in [0.2, 0.25) is 0 Å². The maximum Gasteiger partial charge on any atom is 0.266 e. The van der Waals surface area contributed by atoms with Crippen LogP contribution in [0.3, 0.4) is 0 Å². The lowest BCUT2D eigenvalue weighted by Gasteiger charge is -2.08. The van der Waals surface area contributed by atoms with Gasteiger partial charge in [0.2, 0.25) is 0 Å². The molecule has 0 aromatic carbocycles. The first-order chi connectivity index (χ1) is 7.27. The predicted octanol–water partition coefficient (Wildman–Crippen LogP) is 0.814. The van der Waals surface area contributed by atoms with E-state index >= 15 is 0 Å². The minimum absolute atomic E-state index is 0.330. The molecule has 0 amide bonds. The third kappa shape index (κ3) is 2.42. The van der Waals surface area contributed by atoms with Crippen molar-refractivity contribution in [2.45, 2.75) is 11.5 Å². The van der Waals surface area contributed by atoms with Crippen LogP contribution in [0.25, 0.3) is 0 Å². The normalized spacial score (nSPS) is 11.9. The van der Waals surface area contributed by atoms with Crippen molar-refractivity contribution in [1.82, 2.24) is 4.98 Å². The standard InChI is InChI=1S/C7H7F3N2O3S/c1-15-6-4(8)2-3(5(9)10)7(12-6)16(11,13)14/h2,5H,1H3,(H2,11,13,14). The van der Waals surface area contributed by atoms with Crippen LogP contribution in [-0.4, -0.2) is 20.5 Å². The maximum absolute atomic E-state index is 13.0. The number of nitrogens with two attached hydrogens (primary N) is 1. The molecule has 0 radical (unpaired) electrons. The number of sulfonamides is 1. The van der Waals surface area contributed by atoms with Crippen LogP contribution in [0.5, 0.6) is 5.88 Å². The molecule has 0 saturated carbocycles. The van der Waals surface area contributed by atoms with Crippen LogP contribution in [0, 0.1) is 5.82 Å². The van der Waals surface area contributed by atoms with E-state index in [1.54, 1.807) is 0 Å². The Bertz CT molecular complexity index is 504. The van der Waals surface area contributed by atoms with Gasteiger partial charge >= 0.3 is 0 Å². The van der Waals surface area contributed by atoms with E-state index in [0.29, 0.717) is 6.07 Å². The van der Waals surface area contributed by atoms with E-state index in [-0.39, 0.29) is 0 Å². The second-order valence-electron chi connectivity index (χ2n) is 2.72. The monoisotopic (exact) mass is 256 g/mol. The summed E-state index contributed by atoms with van der Waals surface area (Å²) >= 11 is 0. The van der Waals surface area contributed by atoms with Crippen molar-refractivity contribution in [2.75, 3.05) is 7.11 Å². The summed E-state index contributed by atoms with van der Waals surface area (Å²) in [6.45, 7) is 0. The first-order valence-electron chi connectivity index (χ1n) is 3.82. The largest absolute Gasteiger partial charge is 0.479 e. The number of ether oxygens (including phenoxy) is 1. The molecule has 90 valence electrons. The third-order valence-corrected chi connectivity index (χ3v) is 2.50. The highest BCUT2D eigenvalue weighted by Crippen LogP contribution is 2.28. The van der Waals surface area contributed by atoms with Crippen LogP contribution in [0.15, 0.2) is 11.1 Å². The van der Waals surface area contributed by atoms with Gasteiger partial charge in [-0.3, -0.25) is 0 Å². The van der Waals surface area contributed by atoms with E-state index in [2.05, 4.69) is 14.9 Å². The zero-order valence-corrected chi connectivity index (χ0v) is 8.76. The number of aromatic nitrogens is 1. The Morgan fingerprint density at radius 1 is 1.50 bits per heavy atom. The number of halogens is 3. The predicted molar refractivity (Wildman–Crippen MR) is 47.1 cm³/mol. The smallest absolute Gasteiger partial charge is 0.266 e. The fraction of sp³-hybridized carbons (Fsp3) is 0.286. The summed E-state index contributed by atoms with van der Waals surface area (Å²) in [5.74, 6) is -1.90. The molecule has 5 nitrogen and oxygen atoms in total. The molecule has 0 unspecified atom stereocenters. The van der Waals surface area contributed by atoms with Crippen molar-refractivity contribution in [3.05, 3.63) is 17.4 Å². The van der Waals surface area contributed by atoms with Gasteiger partial charge in [-0.05, 0) is 6.07 Å². The molecule has 0 bridgehead atoms. The minimum Gasteiger partial charge on any atom is -0.479 e. The summed E-state index contributed by atoms with van der Waals surface area (Å²) in [5.41, 5.74) is -1.10. The van der Waals surface area contributed by atoms with Gasteiger partial charge in [-0.2, -0.15) is 4.98 Å². The molecule has 2 N–H and O–H groups in total. The summed E-state index contributed by atoms with van der Waals surface area (Å²) in [7, 11) is -3.45. The quantitative estimate of drug-likeness (QED) is 0.867. The second kappa shape index (κ2) is 4.26. The Morgan fingerprint density at radius 2 is 2.06 bits per heavy atom. The number of pyridine rings is 1. The zero-order chi connectivity index (χ0) is 12.5. The molecular weight excluding hydrogens is 249 g/mol. The summed E-state index contributed by atoms with van der Waals surface area (Å²) in [6.07, 6.45) is -3.21. The highest BCUT2D eigenvalue weighted by atomic mass is 32.2. The van der Waals surface area contributed by atoms with Gasteiger partial charge < -0.3 is 4.74 Å². The number of nitrogens with zero attached hydrogens (tertiary/aromatic N) is 1. The number of rotatable bonds is 3. The van der Waals surface area contributed by atoms with E-state index in [4.69, 9.17) is 0 Å². The molecule has 0 aliphatic rings. The van der Waals surface area contributed by atoms with Gasteiger partial charge in [-0.25, -0.2) is 26.7 Å². The molecule has 0 spiro atoms. The molecule has 0 aliphatic heterocycles. The van der Waals surface area contributed by atoms with Gasteiger partial charge in [-0.1, -0.05) is 0 Å². The van der Waals surface area contributed by atoms with Crippen molar-refractivity contribution in [3.63, 3.8) is 0 Å². The van der Waals surface area contributed by atoms with Gasteiger partial charge in [0.05, 0.1) is 12.7 Å². The van der Waals surface area contributed by atoms with Crippen LogP contribution in [0.4, 0.5) is 13.2 Å². The zero-order valence-electron chi connectivity index (χ0n) is 7.95. The maximum atomic E-state index is 13.0. The SMILES string of the molecule is COc1nc(S(N)(=O)=O)c(C(F)F)cc1F. The molecule has 1 rings (SSSR count). The lowest BCUT2D eigenvalue weighted by atomic mass is 10.3. The Kier molecular flexibility index (Phi) is 3.38. The average molecular weight is 256 g/mol. The minimum atomic E-state index is -4.47.